The summed E-state index contributed by atoms with van der Waals surface area (Å²) in [6.07, 6.45) is 1.07. The number of amides is 1. The number of piperazine rings is 1. The molecule has 3 heterocycles. The number of aliphatic hydroxyl groups excluding tert-OH is 1. The number of β-amino-alcohol motifs (C(OH)–C–C–N with tert-alkyl or cyclic N) is 1. The summed E-state index contributed by atoms with van der Waals surface area (Å²) in [6.45, 7) is 3.49. The molecule has 0 aliphatic carbocycles. The number of rotatable bonds is 4. The zero-order valence-corrected chi connectivity index (χ0v) is 12.5. The van der Waals surface area contributed by atoms with Crippen LogP contribution in [0.2, 0.25) is 0 Å². The van der Waals surface area contributed by atoms with Crippen molar-refractivity contribution in [3.05, 3.63) is 46.5 Å². The van der Waals surface area contributed by atoms with E-state index in [-0.39, 0.29) is 5.91 Å². The molecule has 112 valence electrons. The van der Waals surface area contributed by atoms with E-state index in [9.17, 15) is 9.90 Å². The maximum Gasteiger partial charge on any atom is 0.289 e. The monoisotopic (exact) mass is 306 g/mol. The fourth-order valence-electron chi connectivity index (χ4n) is 2.51. The Hall–Kier alpha value is -1.63. The largest absolute Gasteiger partial charge is 0.459 e. The molecule has 0 bridgehead atoms. The average Bonchev–Trinajstić information content (AvgIpc) is 3.20. The molecule has 6 heteroatoms. The first-order valence-corrected chi connectivity index (χ1v) is 7.88. The van der Waals surface area contributed by atoms with Gasteiger partial charge in [-0.3, -0.25) is 9.69 Å². The minimum atomic E-state index is -0.447. The van der Waals surface area contributed by atoms with Crippen LogP contribution in [-0.4, -0.2) is 53.5 Å². The summed E-state index contributed by atoms with van der Waals surface area (Å²) < 4.78 is 5.15. The summed E-state index contributed by atoms with van der Waals surface area (Å²) in [5.41, 5.74) is 0. The molecular weight excluding hydrogens is 288 g/mol. The SMILES string of the molecule is O=C(c1ccco1)N1CCN(C[C@H](O)c2cccs2)CC1. The van der Waals surface area contributed by atoms with E-state index in [1.54, 1.807) is 28.4 Å². The van der Waals surface area contributed by atoms with Gasteiger partial charge in [-0.2, -0.15) is 0 Å². The van der Waals surface area contributed by atoms with Crippen molar-refractivity contribution < 1.29 is 14.3 Å². The fraction of sp³-hybridized carbons (Fsp3) is 0.400. The molecule has 3 rings (SSSR count). The Morgan fingerprint density at radius 1 is 1.29 bits per heavy atom. The third kappa shape index (κ3) is 3.34. The van der Waals surface area contributed by atoms with Crippen LogP contribution in [0.4, 0.5) is 0 Å². The molecule has 0 saturated carbocycles. The quantitative estimate of drug-likeness (QED) is 0.936. The van der Waals surface area contributed by atoms with Gasteiger partial charge < -0.3 is 14.4 Å². The molecule has 1 aliphatic heterocycles. The minimum Gasteiger partial charge on any atom is -0.459 e. The molecule has 0 spiro atoms. The lowest BCUT2D eigenvalue weighted by Gasteiger charge is -2.35. The second-order valence-corrected chi connectivity index (χ2v) is 6.08. The summed E-state index contributed by atoms with van der Waals surface area (Å²) >= 11 is 1.57. The lowest BCUT2D eigenvalue weighted by molar-refractivity contribution is 0.0508. The number of furan rings is 1. The van der Waals surface area contributed by atoms with Gasteiger partial charge in [-0.1, -0.05) is 6.07 Å². The Kier molecular flexibility index (Phi) is 4.38. The summed E-state index contributed by atoms with van der Waals surface area (Å²) in [7, 11) is 0. The maximum atomic E-state index is 12.1. The molecule has 1 saturated heterocycles. The van der Waals surface area contributed by atoms with Gasteiger partial charge in [0.15, 0.2) is 5.76 Å². The highest BCUT2D eigenvalue weighted by atomic mass is 32.1. The molecule has 1 amide bonds. The van der Waals surface area contributed by atoms with Crippen LogP contribution in [0.15, 0.2) is 40.3 Å². The smallest absolute Gasteiger partial charge is 0.289 e. The number of hydrogen-bond acceptors (Lipinski definition) is 5. The molecular formula is C15H18N2O3S. The van der Waals surface area contributed by atoms with Crippen LogP contribution in [0.5, 0.6) is 0 Å². The van der Waals surface area contributed by atoms with Gasteiger partial charge in [0.25, 0.3) is 5.91 Å². The normalized spacial score (nSPS) is 17.9. The van der Waals surface area contributed by atoms with E-state index in [1.165, 1.54) is 6.26 Å². The number of nitrogens with zero attached hydrogens (tertiary/aromatic N) is 2. The summed E-state index contributed by atoms with van der Waals surface area (Å²) in [5.74, 6) is 0.334. The van der Waals surface area contributed by atoms with E-state index in [0.717, 1.165) is 18.0 Å². The van der Waals surface area contributed by atoms with E-state index in [0.29, 0.717) is 25.4 Å². The average molecular weight is 306 g/mol. The molecule has 0 radical (unpaired) electrons. The number of thiophene rings is 1. The first kappa shape index (κ1) is 14.3. The van der Waals surface area contributed by atoms with Gasteiger partial charge in [-0.25, -0.2) is 0 Å². The second-order valence-electron chi connectivity index (χ2n) is 5.10. The lowest BCUT2D eigenvalue weighted by atomic mass is 10.2. The molecule has 21 heavy (non-hydrogen) atoms. The van der Waals surface area contributed by atoms with E-state index >= 15 is 0 Å². The van der Waals surface area contributed by atoms with Crippen molar-refractivity contribution in [3.63, 3.8) is 0 Å². The van der Waals surface area contributed by atoms with E-state index in [4.69, 9.17) is 4.42 Å². The fourth-order valence-corrected chi connectivity index (χ4v) is 3.21. The van der Waals surface area contributed by atoms with Gasteiger partial charge in [0.2, 0.25) is 0 Å². The van der Waals surface area contributed by atoms with Crippen molar-refractivity contribution in [1.29, 1.82) is 0 Å². The second kappa shape index (κ2) is 6.43. The van der Waals surface area contributed by atoms with Crippen LogP contribution >= 0.6 is 11.3 Å². The lowest BCUT2D eigenvalue weighted by Crippen LogP contribution is -2.49. The number of carbonyl (C=O) groups is 1. The summed E-state index contributed by atoms with van der Waals surface area (Å²) in [6, 6.07) is 7.31. The Morgan fingerprint density at radius 2 is 2.10 bits per heavy atom. The van der Waals surface area contributed by atoms with Gasteiger partial charge in [0, 0.05) is 37.6 Å². The van der Waals surface area contributed by atoms with Gasteiger partial charge in [0.1, 0.15) is 6.10 Å². The Labute approximate surface area is 127 Å². The van der Waals surface area contributed by atoms with Crippen molar-refractivity contribution in [2.45, 2.75) is 6.10 Å². The van der Waals surface area contributed by atoms with Crippen LogP contribution < -0.4 is 0 Å². The van der Waals surface area contributed by atoms with Gasteiger partial charge in [-0.15, -0.1) is 11.3 Å². The van der Waals surface area contributed by atoms with Crippen LogP contribution in [-0.2, 0) is 0 Å². The highest BCUT2D eigenvalue weighted by Gasteiger charge is 2.25. The van der Waals surface area contributed by atoms with Crippen molar-refractivity contribution in [3.8, 4) is 0 Å². The third-order valence-electron chi connectivity index (χ3n) is 3.69. The maximum absolute atomic E-state index is 12.1. The molecule has 0 aromatic carbocycles. The first-order chi connectivity index (χ1) is 10.2. The van der Waals surface area contributed by atoms with Crippen molar-refractivity contribution >= 4 is 17.2 Å². The first-order valence-electron chi connectivity index (χ1n) is 7.00. The Bertz CT molecular complexity index is 560. The van der Waals surface area contributed by atoms with Crippen LogP contribution in [0.1, 0.15) is 21.5 Å². The van der Waals surface area contributed by atoms with Crippen LogP contribution in [0, 0.1) is 0 Å². The molecule has 1 N–H and O–H groups in total. The highest BCUT2D eigenvalue weighted by molar-refractivity contribution is 7.10. The molecule has 0 unspecified atom stereocenters. The summed E-state index contributed by atoms with van der Waals surface area (Å²) in [5, 5.41) is 12.1. The summed E-state index contributed by atoms with van der Waals surface area (Å²) in [4.78, 5) is 17.1. The number of aliphatic hydroxyl groups is 1. The minimum absolute atomic E-state index is 0.0570. The molecule has 1 fully saturated rings. The predicted molar refractivity (Wildman–Crippen MR) is 80.3 cm³/mol. The van der Waals surface area contributed by atoms with Crippen LogP contribution in [0.3, 0.4) is 0 Å². The highest BCUT2D eigenvalue weighted by Crippen LogP contribution is 2.20. The van der Waals surface area contributed by atoms with Gasteiger partial charge >= 0.3 is 0 Å². The zero-order valence-electron chi connectivity index (χ0n) is 11.6. The molecule has 1 aliphatic rings. The molecule has 1 atom stereocenters. The number of hydrogen-bond donors (Lipinski definition) is 1. The van der Waals surface area contributed by atoms with Crippen LogP contribution in [0.25, 0.3) is 0 Å². The van der Waals surface area contributed by atoms with Crippen molar-refractivity contribution in [2.75, 3.05) is 32.7 Å². The van der Waals surface area contributed by atoms with E-state index in [1.807, 2.05) is 17.5 Å². The van der Waals surface area contributed by atoms with E-state index in [2.05, 4.69) is 4.90 Å². The number of carbonyl (C=O) groups excluding carboxylic acids is 1. The topological polar surface area (TPSA) is 56.9 Å². The van der Waals surface area contributed by atoms with Gasteiger partial charge in [-0.05, 0) is 23.6 Å². The third-order valence-corrected chi connectivity index (χ3v) is 4.67. The van der Waals surface area contributed by atoms with Crippen molar-refractivity contribution in [2.24, 2.45) is 0 Å². The van der Waals surface area contributed by atoms with Gasteiger partial charge in [0.05, 0.1) is 6.26 Å². The molecule has 2 aromatic rings. The predicted octanol–water partition coefficient (Wildman–Crippen LogP) is 1.83. The zero-order chi connectivity index (χ0) is 14.7. The van der Waals surface area contributed by atoms with Crippen molar-refractivity contribution in [1.82, 2.24) is 9.80 Å². The molecule has 5 nitrogen and oxygen atoms in total. The Balaban J connectivity index is 1.50. The Morgan fingerprint density at radius 3 is 2.71 bits per heavy atom. The standard InChI is InChI=1S/C15H18N2O3S/c18-12(14-4-2-10-21-14)11-16-5-7-17(8-6-16)15(19)13-3-1-9-20-13/h1-4,9-10,12,18H,5-8,11H2/t12-/m0/s1. The molecule has 2 aromatic heterocycles. The van der Waals surface area contributed by atoms with E-state index < -0.39 is 6.10 Å².